The lowest BCUT2D eigenvalue weighted by Crippen LogP contribution is -2.30. The molecule has 0 bridgehead atoms. The summed E-state index contributed by atoms with van der Waals surface area (Å²) in [6.07, 6.45) is 3.33. The van der Waals surface area contributed by atoms with Crippen LogP contribution < -0.4 is 14.4 Å². The van der Waals surface area contributed by atoms with Gasteiger partial charge in [-0.15, -0.1) is 11.3 Å². The first-order valence-corrected chi connectivity index (χ1v) is 14.2. The van der Waals surface area contributed by atoms with Crippen molar-refractivity contribution >= 4 is 48.7 Å². The topological polar surface area (TPSA) is 75.7 Å². The van der Waals surface area contributed by atoms with Crippen LogP contribution in [0.2, 0.25) is 0 Å². The highest BCUT2D eigenvalue weighted by Crippen LogP contribution is 2.32. The third-order valence-electron chi connectivity index (χ3n) is 5.98. The van der Waals surface area contributed by atoms with Crippen molar-refractivity contribution in [3.63, 3.8) is 0 Å². The molecule has 1 heterocycles. The maximum absolute atomic E-state index is 13.3. The van der Waals surface area contributed by atoms with E-state index in [1.54, 1.807) is 37.3 Å². The highest BCUT2D eigenvalue weighted by atomic mass is 32.2. The van der Waals surface area contributed by atoms with Gasteiger partial charge in [-0.25, -0.2) is 8.42 Å². The molecule has 4 aromatic rings. The van der Waals surface area contributed by atoms with Gasteiger partial charge in [0.05, 0.1) is 22.6 Å². The highest BCUT2D eigenvalue weighted by Gasteiger charge is 2.24. The molecule has 3 aromatic carbocycles. The molecule has 1 amide bonds. The minimum absolute atomic E-state index is 0.183. The number of unbranched alkanes of at least 4 members (excludes halogenated alkanes) is 1. The number of thiophene rings is 1. The Labute approximate surface area is 216 Å². The summed E-state index contributed by atoms with van der Waals surface area (Å²) in [7, 11) is -2.22. The molecule has 1 N–H and O–H groups in total. The minimum atomic E-state index is -3.76. The van der Waals surface area contributed by atoms with E-state index in [9.17, 15) is 13.2 Å². The molecule has 0 saturated carbocycles. The van der Waals surface area contributed by atoms with E-state index >= 15 is 0 Å². The van der Waals surface area contributed by atoms with Gasteiger partial charge in [-0.1, -0.05) is 25.5 Å². The Balaban J connectivity index is 1.55. The molecule has 0 aliphatic carbocycles. The van der Waals surface area contributed by atoms with Crippen molar-refractivity contribution in [2.24, 2.45) is 0 Å². The SMILES string of the molecule is CCCCc1ccc(NC(=O)c2cc3cc(N(CC)S(=O)(=O)c4ccc(OC)cc4)ccc3s2)cc1. The van der Waals surface area contributed by atoms with Gasteiger partial charge in [0.2, 0.25) is 0 Å². The number of amides is 1. The normalized spacial score (nSPS) is 11.4. The first-order chi connectivity index (χ1) is 17.3. The van der Waals surface area contributed by atoms with Crippen LogP contribution >= 0.6 is 11.3 Å². The molecule has 0 fully saturated rings. The van der Waals surface area contributed by atoms with E-state index < -0.39 is 10.0 Å². The summed E-state index contributed by atoms with van der Waals surface area (Å²) >= 11 is 1.38. The van der Waals surface area contributed by atoms with Gasteiger partial charge in [0.1, 0.15) is 5.75 Å². The summed E-state index contributed by atoms with van der Waals surface area (Å²) in [5.41, 5.74) is 2.56. The number of nitrogens with zero attached hydrogens (tertiary/aromatic N) is 1. The van der Waals surface area contributed by atoms with Crippen molar-refractivity contribution in [2.45, 2.75) is 38.0 Å². The van der Waals surface area contributed by atoms with E-state index in [1.807, 2.05) is 42.5 Å². The first-order valence-electron chi connectivity index (χ1n) is 12.0. The van der Waals surface area contributed by atoms with E-state index in [-0.39, 0.29) is 17.3 Å². The number of ether oxygens (including phenoxy) is 1. The van der Waals surface area contributed by atoms with Gasteiger partial charge < -0.3 is 10.1 Å². The second-order valence-electron chi connectivity index (χ2n) is 8.43. The molecule has 0 radical (unpaired) electrons. The molecule has 0 atom stereocenters. The lowest BCUT2D eigenvalue weighted by Gasteiger charge is -2.23. The van der Waals surface area contributed by atoms with Crippen molar-refractivity contribution < 1.29 is 17.9 Å². The zero-order chi connectivity index (χ0) is 25.7. The average Bonchev–Trinajstić information content (AvgIpc) is 3.32. The number of anilines is 2. The summed E-state index contributed by atoms with van der Waals surface area (Å²) in [5.74, 6) is 0.409. The number of nitrogens with one attached hydrogen (secondary N) is 1. The number of rotatable bonds is 10. The van der Waals surface area contributed by atoms with Gasteiger partial charge in [-0.2, -0.15) is 0 Å². The standard InChI is InChI=1S/C28H30N2O4S2/c1-4-6-7-20-8-10-22(11-9-20)29-28(31)27-19-21-18-23(12-17-26(21)35-27)30(5-2)36(32,33)25-15-13-24(34-3)14-16-25/h8-19H,4-7H2,1-3H3,(H,29,31). The zero-order valence-corrected chi connectivity index (χ0v) is 22.3. The number of hydrogen-bond acceptors (Lipinski definition) is 5. The lowest BCUT2D eigenvalue weighted by atomic mass is 10.1. The molecule has 0 aliphatic heterocycles. The van der Waals surface area contributed by atoms with Gasteiger partial charge >= 0.3 is 0 Å². The molecule has 1 aromatic heterocycles. The average molecular weight is 523 g/mol. The summed E-state index contributed by atoms with van der Waals surface area (Å²) in [4.78, 5) is 13.7. The largest absolute Gasteiger partial charge is 0.497 e. The van der Waals surface area contributed by atoms with Crippen molar-refractivity contribution in [1.29, 1.82) is 0 Å². The van der Waals surface area contributed by atoms with Crippen LogP contribution in [-0.4, -0.2) is 28.0 Å². The van der Waals surface area contributed by atoms with Crippen LogP contribution in [0.4, 0.5) is 11.4 Å². The Morgan fingerprint density at radius 1 is 0.972 bits per heavy atom. The van der Waals surface area contributed by atoms with E-state index in [0.717, 1.165) is 35.0 Å². The summed E-state index contributed by atoms with van der Waals surface area (Å²) in [6, 6.07) is 21.6. The van der Waals surface area contributed by atoms with Gasteiger partial charge in [0.25, 0.3) is 15.9 Å². The van der Waals surface area contributed by atoms with Crippen LogP contribution in [0.15, 0.2) is 77.7 Å². The van der Waals surface area contributed by atoms with E-state index in [2.05, 4.69) is 12.2 Å². The number of sulfonamides is 1. The molecular weight excluding hydrogens is 492 g/mol. The van der Waals surface area contributed by atoms with Gasteiger partial charge in [0, 0.05) is 16.9 Å². The number of benzene rings is 3. The van der Waals surface area contributed by atoms with Crippen molar-refractivity contribution in [2.75, 3.05) is 23.3 Å². The maximum atomic E-state index is 13.3. The predicted octanol–water partition coefficient (Wildman–Crippen LogP) is 6.72. The van der Waals surface area contributed by atoms with Crippen molar-refractivity contribution in [1.82, 2.24) is 0 Å². The molecule has 4 rings (SSSR count). The van der Waals surface area contributed by atoms with E-state index in [0.29, 0.717) is 16.3 Å². The lowest BCUT2D eigenvalue weighted by molar-refractivity contribution is 0.103. The molecule has 188 valence electrons. The minimum Gasteiger partial charge on any atom is -0.497 e. The molecule has 6 nitrogen and oxygen atoms in total. The zero-order valence-electron chi connectivity index (χ0n) is 20.7. The molecule has 0 unspecified atom stereocenters. The smallest absolute Gasteiger partial charge is 0.265 e. The Hall–Kier alpha value is -3.36. The summed E-state index contributed by atoms with van der Waals surface area (Å²) < 4.78 is 34.1. The van der Waals surface area contributed by atoms with E-state index in [4.69, 9.17) is 4.74 Å². The molecular formula is C28H30N2O4S2. The fourth-order valence-corrected chi connectivity index (χ4v) is 6.40. The molecule has 0 aliphatic rings. The fourth-order valence-electron chi connectivity index (χ4n) is 3.99. The number of carbonyl (C=O) groups is 1. The Kier molecular flexibility index (Phi) is 7.96. The fraction of sp³-hybridized carbons (Fsp3) is 0.250. The van der Waals surface area contributed by atoms with Crippen LogP contribution in [0.5, 0.6) is 5.75 Å². The van der Waals surface area contributed by atoms with Gasteiger partial charge in [-0.05, 0) is 91.4 Å². The first kappa shape index (κ1) is 25.7. The third kappa shape index (κ3) is 5.55. The van der Waals surface area contributed by atoms with Crippen LogP contribution in [0.1, 0.15) is 41.9 Å². The van der Waals surface area contributed by atoms with Crippen LogP contribution in [0, 0.1) is 0 Å². The second kappa shape index (κ2) is 11.1. The summed E-state index contributed by atoms with van der Waals surface area (Å²) in [5, 5.41) is 3.78. The van der Waals surface area contributed by atoms with Crippen molar-refractivity contribution in [3.8, 4) is 5.75 Å². The Morgan fingerprint density at radius 2 is 1.69 bits per heavy atom. The highest BCUT2D eigenvalue weighted by molar-refractivity contribution is 7.92. The Bertz CT molecular complexity index is 1440. The maximum Gasteiger partial charge on any atom is 0.265 e. The van der Waals surface area contributed by atoms with Gasteiger partial charge in [0.15, 0.2) is 0 Å². The van der Waals surface area contributed by atoms with Crippen LogP contribution in [0.3, 0.4) is 0 Å². The number of hydrogen-bond donors (Lipinski definition) is 1. The number of fused-ring (bicyclic) bond motifs is 1. The predicted molar refractivity (Wildman–Crippen MR) is 148 cm³/mol. The number of aryl methyl sites for hydroxylation is 1. The van der Waals surface area contributed by atoms with Gasteiger partial charge in [-0.3, -0.25) is 9.10 Å². The van der Waals surface area contributed by atoms with Crippen molar-refractivity contribution in [3.05, 3.63) is 83.2 Å². The Morgan fingerprint density at radius 3 is 2.33 bits per heavy atom. The third-order valence-corrected chi connectivity index (χ3v) is 9.01. The van der Waals surface area contributed by atoms with Crippen LogP contribution in [0.25, 0.3) is 10.1 Å². The van der Waals surface area contributed by atoms with E-state index in [1.165, 1.54) is 28.3 Å². The van der Waals surface area contributed by atoms with Crippen LogP contribution in [-0.2, 0) is 16.4 Å². The molecule has 36 heavy (non-hydrogen) atoms. The number of carbonyl (C=O) groups excluding carboxylic acids is 1. The molecule has 0 spiro atoms. The second-order valence-corrected chi connectivity index (χ2v) is 11.4. The molecule has 0 saturated heterocycles. The number of methoxy groups -OCH3 is 1. The molecule has 8 heteroatoms. The monoisotopic (exact) mass is 522 g/mol. The quantitative estimate of drug-likeness (QED) is 0.251. The summed E-state index contributed by atoms with van der Waals surface area (Å²) in [6.45, 7) is 4.24.